The van der Waals surface area contributed by atoms with Crippen LogP contribution in [0.25, 0.3) is 11.1 Å². The van der Waals surface area contributed by atoms with E-state index in [1.54, 1.807) is 7.11 Å². The molecule has 1 fully saturated rings. The zero-order chi connectivity index (χ0) is 12.6. The summed E-state index contributed by atoms with van der Waals surface area (Å²) in [6.07, 6.45) is 5.07. The van der Waals surface area contributed by atoms with Crippen molar-refractivity contribution in [1.29, 1.82) is 0 Å². The van der Waals surface area contributed by atoms with Crippen molar-refractivity contribution >= 4 is 11.1 Å². The summed E-state index contributed by atoms with van der Waals surface area (Å²) in [5.41, 5.74) is 9.01. The summed E-state index contributed by atoms with van der Waals surface area (Å²) >= 11 is 0. The third-order valence-corrected chi connectivity index (χ3v) is 4.10. The monoisotopic (exact) mass is 246 g/mol. The van der Waals surface area contributed by atoms with Crippen LogP contribution in [0.15, 0.2) is 22.6 Å². The fourth-order valence-corrected chi connectivity index (χ4v) is 3.08. The summed E-state index contributed by atoms with van der Waals surface area (Å²) in [4.78, 5) is 4.42. The van der Waals surface area contributed by atoms with E-state index in [1.807, 2.05) is 12.1 Å². The SMILES string of the molecule is COc1nc2c(C3(CN)CCCC3)cccc2o1. The molecule has 18 heavy (non-hydrogen) atoms. The number of fused-ring (bicyclic) bond motifs is 1. The van der Waals surface area contributed by atoms with Crippen molar-refractivity contribution < 1.29 is 9.15 Å². The van der Waals surface area contributed by atoms with Crippen LogP contribution in [0.5, 0.6) is 6.08 Å². The summed E-state index contributed by atoms with van der Waals surface area (Å²) in [5, 5.41) is 0. The molecule has 3 rings (SSSR count). The summed E-state index contributed by atoms with van der Waals surface area (Å²) in [6, 6.07) is 6.06. The molecule has 0 radical (unpaired) electrons. The minimum Gasteiger partial charge on any atom is -0.453 e. The van der Waals surface area contributed by atoms with E-state index in [1.165, 1.54) is 18.4 Å². The lowest BCUT2D eigenvalue weighted by Gasteiger charge is -2.27. The van der Waals surface area contributed by atoms with Crippen LogP contribution in [-0.2, 0) is 5.41 Å². The second kappa shape index (κ2) is 4.28. The summed E-state index contributed by atoms with van der Waals surface area (Å²) in [7, 11) is 1.57. The molecule has 0 amide bonds. The number of benzene rings is 1. The molecule has 0 bridgehead atoms. The summed E-state index contributed by atoms with van der Waals surface area (Å²) in [6.45, 7) is 0.668. The van der Waals surface area contributed by atoms with Crippen molar-refractivity contribution in [2.24, 2.45) is 5.73 Å². The van der Waals surface area contributed by atoms with Gasteiger partial charge in [0.25, 0.3) is 0 Å². The Labute approximate surface area is 106 Å². The Morgan fingerprint density at radius 2 is 2.17 bits per heavy atom. The van der Waals surface area contributed by atoms with Crippen LogP contribution in [0.1, 0.15) is 31.2 Å². The number of hydrogen-bond acceptors (Lipinski definition) is 4. The van der Waals surface area contributed by atoms with Gasteiger partial charge in [0.1, 0.15) is 5.52 Å². The fourth-order valence-electron chi connectivity index (χ4n) is 3.08. The van der Waals surface area contributed by atoms with Crippen LogP contribution in [0, 0.1) is 0 Å². The van der Waals surface area contributed by atoms with Gasteiger partial charge in [-0.3, -0.25) is 0 Å². The van der Waals surface area contributed by atoms with Crippen LogP contribution in [0.3, 0.4) is 0 Å². The van der Waals surface area contributed by atoms with E-state index in [9.17, 15) is 0 Å². The van der Waals surface area contributed by atoms with Crippen LogP contribution < -0.4 is 10.5 Å². The number of nitrogens with zero attached hydrogens (tertiary/aromatic N) is 1. The first kappa shape index (κ1) is 11.5. The number of oxazole rings is 1. The molecule has 0 aliphatic heterocycles. The highest BCUT2D eigenvalue weighted by atomic mass is 16.6. The second-order valence-corrected chi connectivity index (χ2v) is 5.03. The normalized spacial score (nSPS) is 18.3. The van der Waals surface area contributed by atoms with Gasteiger partial charge in [-0.05, 0) is 24.5 Å². The number of para-hydroxylation sites is 1. The van der Waals surface area contributed by atoms with Crippen molar-refractivity contribution in [3.8, 4) is 6.08 Å². The fraction of sp³-hybridized carbons (Fsp3) is 0.500. The maximum Gasteiger partial charge on any atom is 0.394 e. The molecule has 1 aliphatic rings. The van der Waals surface area contributed by atoms with Gasteiger partial charge in [-0.25, -0.2) is 0 Å². The lowest BCUT2D eigenvalue weighted by atomic mass is 9.78. The molecule has 4 heteroatoms. The third-order valence-electron chi connectivity index (χ3n) is 4.10. The first-order valence-electron chi connectivity index (χ1n) is 6.43. The second-order valence-electron chi connectivity index (χ2n) is 5.03. The minimum absolute atomic E-state index is 0.0708. The highest BCUT2D eigenvalue weighted by molar-refractivity contribution is 5.78. The lowest BCUT2D eigenvalue weighted by molar-refractivity contribution is 0.299. The predicted octanol–water partition coefficient (Wildman–Crippen LogP) is 2.61. The number of methoxy groups -OCH3 is 1. The average Bonchev–Trinajstić information content (AvgIpc) is 3.05. The zero-order valence-corrected chi connectivity index (χ0v) is 10.6. The number of rotatable bonds is 3. The molecule has 1 aromatic carbocycles. The quantitative estimate of drug-likeness (QED) is 0.904. The maximum absolute atomic E-state index is 6.04. The maximum atomic E-state index is 6.04. The Morgan fingerprint density at radius 3 is 2.83 bits per heavy atom. The van der Waals surface area contributed by atoms with Crippen molar-refractivity contribution in [3.05, 3.63) is 23.8 Å². The van der Waals surface area contributed by atoms with Gasteiger partial charge in [-0.1, -0.05) is 25.0 Å². The number of ether oxygens (including phenoxy) is 1. The Kier molecular flexibility index (Phi) is 2.74. The van der Waals surface area contributed by atoms with Gasteiger partial charge < -0.3 is 14.9 Å². The minimum atomic E-state index is 0.0708. The van der Waals surface area contributed by atoms with Crippen LogP contribution in [0.4, 0.5) is 0 Å². The number of hydrogen-bond donors (Lipinski definition) is 1. The largest absolute Gasteiger partial charge is 0.453 e. The van der Waals surface area contributed by atoms with Gasteiger partial charge in [0.15, 0.2) is 5.58 Å². The molecule has 4 nitrogen and oxygen atoms in total. The number of nitrogens with two attached hydrogens (primary N) is 1. The summed E-state index contributed by atoms with van der Waals surface area (Å²) < 4.78 is 10.6. The molecule has 96 valence electrons. The average molecular weight is 246 g/mol. The Morgan fingerprint density at radius 1 is 1.39 bits per heavy atom. The molecule has 1 aliphatic carbocycles. The molecule has 0 unspecified atom stereocenters. The first-order valence-corrected chi connectivity index (χ1v) is 6.43. The van der Waals surface area contributed by atoms with Gasteiger partial charge >= 0.3 is 6.08 Å². The topological polar surface area (TPSA) is 61.3 Å². The lowest BCUT2D eigenvalue weighted by Crippen LogP contribution is -2.32. The highest BCUT2D eigenvalue weighted by Gasteiger charge is 2.36. The van der Waals surface area contributed by atoms with Crippen molar-refractivity contribution in [1.82, 2.24) is 4.98 Å². The Bertz CT molecular complexity index is 556. The zero-order valence-electron chi connectivity index (χ0n) is 10.6. The van der Waals surface area contributed by atoms with Crippen LogP contribution in [-0.4, -0.2) is 18.6 Å². The van der Waals surface area contributed by atoms with E-state index < -0.39 is 0 Å². The molecular weight excluding hydrogens is 228 g/mol. The van der Waals surface area contributed by atoms with Crippen molar-refractivity contribution in [3.63, 3.8) is 0 Å². The third kappa shape index (κ3) is 1.60. The van der Waals surface area contributed by atoms with Gasteiger partial charge in [0.05, 0.1) is 7.11 Å². The molecule has 1 heterocycles. The van der Waals surface area contributed by atoms with Crippen molar-refractivity contribution in [2.75, 3.05) is 13.7 Å². The van der Waals surface area contributed by atoms with Crippen molar-refractivity contribution in [2.45, 2.75) is 31.1 Å². The molecule has 2 N–H and O–H groups in total. The smallest absolute Gasteiger partial charge is 0.394 e. The van der Waals surface area contributed by atoms with E-state index in [0.29, 0.717) is 12.6 Å². The Balaban J connectivity index is 2.18. The number of aromatic nitrogens is 1. The standard InChI is InChI=1S/C14H18N2O2/c1-17-13-16-12-10(5-4-6-11(12)18-13)14(9-15)7-2-3-8-14/h4-6H,2-3,7-9,15H2,1H3. The predicted molar refractivity (Wildman–Crippen MR) is 69.8 cm³/mol. The molecule has 0 atom stereocenters. The van der Waals surface area contributed by atoms with Gasteiger partial charge in [-0.2, -0.15) is 4.98 Å². The van der Waals surface area contributed by atoms with Gasteiger partial charge in [0.2, 0.25) is 0 Å². The van der Waals surface area contributed by atoms with Crippen LogP contribution in [0.2, 0.25) is 0 Å². The molecule has 1 aromatic heterocycles. The van der Waals surface area contributed by atoms with Gasteiger partial charge in [0, 0.05) is 12.0 Å². The molecular formula is C14H18N2O2. The molecule has 0 spiro atoms. The van der Waals surface area contributed by atoms with Gasteiger partial charge in [-0.15, -0.1) is 0 Å². The van der Waals surface area contributed by atoms with Crippen LogP contribution >= 0.6 is 0 Å². The molecule has 2 aromatic rings. The van der Waals surface area contributed by atoms with E-state index in [2.05, 4.69) is 11.1 Å². The molecule has 0 saturated heterocycles. The van der Waals surface area contributed by atoms with E-state index >= 15 is 0 Å². The highest BCUT2D eigenvalue weighted by Crippen LogP contribution is 2.43. The van der Waals surface area contributed by atoms with E-state index in [0.717, 1.165) is 23.9 Å². The first-order chi connectivity index (χ1) is 8.79. The van der Waals surface area contributed by atoms with E-state index in [-0.39, 0.29) is 5.41 Å². The Hall–Kier alpha value is -1.55. The summed E-state index contributed by atoms with van der Waals surface area (Å²) in [5.74, 6) is 0. The molecule has 1 saturated carbocycles. The van der Waals surface area contributed by atoms with E-state index in [4.69, 9.17) is 14.9 Å².